The van der Waals surface area contributed by atoms with E-state index in [4.69, 9.17) is 17.2 Å². The van der Waals surface area contributed by atoms with E-state index in [1.807, 2.05) is 0 Å². The summed E-state index contributed by atoms with van der Waals surface area (Å²) in [5.74, 6) is -3.80. The highest BCUT2D eigenvalue weighted by atomic mass is 32.2. The van der Waals surface area contributed by atoms with Crippen molar-refractivity contribution in [1.29, 1.82) is 0 Å². The van der Waals surface area contributed by atoms with E-state index in [-0.39, 0.29) is 38.1 Å². The molecule has 56 heavy (non-hydrogen) atoms. The molecule has 0 radical (unpaired) electrons. The first-order valence-electron chi connectivity index (χ1n) is 18.3. The average Bonchev–Trinajstić information content (AvgIpc) is 3.14. The van der Waals surface area contributed by atoms with Gasteiger partial charge in [-0.1, -0.05) is 91.0 Å². The van der Waals surface area contributed by atoms with E-state index in [9.17, 15) is 36.0 Å². The van der Waals surface area contributed by atoms with Crippen LogP contribution in [0.3, 0.4) is 0 Å². The molecule has 4 amide bonds. The van der Waals surface area contributed by atoms with Gasteiger partial charge in [0.25, 0.3) is 0 Å². The van der Waals surface area contributed by atoms with Gasteiger partial charge in [-0.15, -0.1) is 0 Å². The average molecular weight is 815 g/mol. The van der Waals surface area contributed by atoms with E-state index in [1.54, 1.807) is 91.0 Å². The number of nitrogens with one attached hydrogen (secondary N) is 3. The minimum Gasteiger partial charge on any atom is -0.368 e. The van der Waals surface area contributed by atoms with Gasteiger partial charge in [-0.3, -0.25) is 19.2 Å². The fourth-order valence-corrected chi connectivity index (χ4v) is 8.28. The highest BCUT2D eigenvalue weighted by molar-refractivity contribution is 7.89. The number of carbonyl (C=O) groups is 4. The fraction of sp³-hybridized carbons (Fsp3) is 0.421. The smallest absolute Gasteiger partial charge is 0.243 e. The molecule has 0 bridgehead atoms. The van der Waals surface area contributed by atoms with Crippen LogP contribution in [0.25, 0.3) is 0 Å². The van der Waals surface area contributed by atoms with E-state index in [1.165, 1.54) is 7.05 Å². The van der Waals surface area contributed by atoms with E-state index in [2.05, 4.69) is 16.0 Å². The SMILES string of the molecule is CN(CC(=O)N[C@@H](Cc1ccccc1)C(=O)N[C@@H](Cc1ccccc1)CN(CC(=O)N[C@@H](CCCCN)C(N)=O)S(=O)(=O)Cc1ccccc1)S(=O)(=O)CCN. The number of amides is 4. The second kappa shape index (κ2) is 22.7. The molecule has 0 spiro atoms. The van der Waals surface area contributed by atoms with Gasteiger partial charge >= 0.3 is 0 Å². The second-order valence-corrected chi connectivity index (χ2v) is 17.6. The standard InChI is InChI=1S/C38H54N8O8S2/c1-45(55(51,52)22-21-40)26-35(47)44-34(24-30-15-7-3-8-16-30)38(50)42-32(23-29-13-5-2-6-14-29)25-46(56(53,54)28-31-17-9-4-10-18-31)27-36(48)43-33(37(41)49)19-11-12-20-39/h2-10,13-18,32-34H,11-12,19-28,39-40H2,1H3,(H2,41,49)(H,42,50)(H,43,48)(H,44,47)/t32-,33-,34-/m0/s1. The summed E-state index contributed by atoms with van der Waals surface area (Å²) in [7, 11) is -6.84. The number of primary amides is 1. The first kappa shape index (κ1) is 45.7. The summed E-state index contributed by atoms with van der Waals surface area (Å²) in [6.07, 6.45) is 1.46. The number of sulfonamides is 2. The lowest BCUT2D eigenvalue weighted by Gasteiger charge is -2.30. The lowest BCUT2D eigenvalue weighted by molar-refractivity contribution is -0.129. The molecule has 3 aromatic rings. The molecule has 306 valence electrons. The van der Waals surface area contributed by atoms with Crippen molar-refractivity contribution in [2.24, 2.45) is 17.2 Å². The highest BCUT2D eigenvalue weighted by Gasteiger charge is 2.32. The number of likely N-dealkylation sites (N-methyl/N-ethyl adjacent to an activating group) is 1. The Bertz CT molecular complexity index is 1920. The topological polar surface area (TPSA) is 257 Å². The summed E-state index contributed by atoms with van der Waals surface area (Å²) in [6.45, 7) is -1.40. The summed E-state index contributed by atoms with van der Waals surface area (Å²) in [6, 6.07) is 23.0. The van der Waals surface area contributed by atoms with Crippen LogP contribution < -0.4 is 33.2 Å². The van der Waals surface area contributed by atoms with Crippen LogP contribution in [0.1, 0.15) is 36.0 Å². The molecule has 0 aromatic heterocycles. The summed E-state index contributed by atoms with van der Waals surface area (Å²) in [5, 5.41) is 8.11. The number of unbranched alkanes of at least 4 members (excludes halogenated alkanes) is 1. The molecule has 0 aliphatic carbocycles. The second-order valence-electron chi connectivity index (χ2n) is 13.4. The Morgan fingerprint density at radius 3 is 1.70 bits per heavy atom. The number of rotatable bonds is 25. The van der Waals surface area contributed by atoms with Gasteiger partial charge in [-0.25, -0.2) is 16.8 Å². The molecule has 0 aliphatic heterocycles. The third-order valence-corrected chi connectivity index (χ3v) is 12.4. The Labute approximate surface area is 329 Å². The zero-order valence-electron chi connectivity index (χ0n) is 31.6. The summed E-state index contributed by atoms with van der Waals surface area (Å²) in [5.41, 5.74) is 18.5. The number of hydrogen-bond acceptors (Lipinski definition) is 10. The molecule has 3 atom stereocenters. The number of hydrogen-bond donors (Lipinski definition) is 6. The molecular formula is C38H54N8O8S2. The Morgan fingerprint density at radius 2 is 1.16 bits per heavy atom. The lowest BCUT2D eigenvalue weighted by atomic mass is 10.0. The van der Waals surface area contributed by atoms with Gasteiger partial charge in [0.05, 0.1) is 24.6 Å². The predicted molar refractivity (Wildman–Crippen MR) is 214 cm³/mol. The Morgan fingerprint density at radius 1 is 0.643 bits per heavy atom. The number of carbonyl (C=O) groups excluding carboxylic acids is 4. The maximum Gasteiger partial charge on any atom is 0.243 e. The predicted octanol–water partition coefficient (Wildman–Crippen LogP) is -0.407. The van der Waals surface area contributed by atoms with Crippen molar-refractivity contribution < 1.29 is 36.0 Å². The first-order chi connectivity index (χ1) is 26.6. The van der Waals surface area contributed by atoms with Crippen LogP contribution in [0, 0.1) is 0 Å². The number of nitrogens with two attached hydrogens (primary N) is 3. The van der Waals surface area contributed by atoms with Gasteiger partial charge < -0.3 is 33.2 Å². The van der Waals surface area contributed by atoms with Gasteiger partial charge in [-0.05, 0) is 48.9 Å². The third-order valence-electron chi connectivity index (χ3n) is 8.78. The van der Waals surface area contributed by atoms with Crippen LogP contribution in [0.5, 0.6) is 0 Å². The van der Waals surface area contributed by atoms with Crippen molar-refractivity contribution in [3.05, 3.63) is 108 Å². The molecule has 16 nitrogen and oxygen atoms in total. The van der Waals surface area contributed by atoms with E-state index in [0.29, 0.717) is 30.5 Å². The maximum atomic E-state index is 14.2. The van der Waals surface area contributed by atoms with Crippen molar-refractivity contribution in [2.45, 2.75) is 56.0 Å². The van der Waals surface area contributed by atoms with Crippen LogP contribution in [-0.4, -0.2) is 113 Å². The van der Waals surface area contributed by atoms with Gasteiger partial charge in [0.1, 0.15) is 12.1 Å². The molecule has 0 aliphatic rings. The molecule has 9 N–H and O–H groups in total. The van der Waals surface area contributed by atoms with Crippen molar-refractivity contribution in [3.63, 3.8) is 0 Å². The van der Waals surface area contributed by atoms with E-state index in [0.717, 1.165) is 14.2 Å². The van der Waals surface area contributed by atoms with Gasteiger partial charge in [0, 0.05) is 32.6 Å². The summed E-state index contributed by atoms with van der Waals surface area (Å²) in [4.78, 5) is 53.0. The largest absolute Gasteiger partial charge is 0.368 e. The molecular weight excluding hydrogens is 761 g/mol. The van der Waals surface area contributed by atoms with Crippen LogP contribution in [-0.2, 0) is 57.8 Å². The zero-order chi connectivity index (χ0) is 41.1. The van der Waals surface area contributed by atoms with Crippen molar-refractivity contribution in [1.82, 2.24) is 24.6 Å². The Kier molecular flexibility index (Phi) is 18.5. The molecule has 0 saturated heterocycles. The van der Waals surface area contributed by atoms with Crippen molar-refractivity contribution in [3.8, 4) is 0 Å². The molecule has 0 heterocycles. The number of benzene rings is 3. The molecule has 0 fully saturated rings. The van der Waals surface area contributed by atoms with Crippen molar-refractivity contribution in [2.75, 3.05) is 45.5 Å². The van der Waals surface area contributed by atoms with Crippen LogP contribution in [0.4, 0.5) is 0 Å². The molecule has 3 rings (SSSR count). The van der Waals surface area contributed by atoms with Gasteiger partial charge in [-0.2, -0.15) is 8.61 Å². The van der Waals surface area contributed by atoms with Crippen LogP contribution in [0.15, 0.2) is 91.0 Å². The molecule has 0 unspecified atom stereocenters. The summed E-state index contributed by atoms with van der Waals surface area (Å²) < 4.78 is 55.0. The zero-order valence-corrected chi connectivity index (χ0v) is 33.2. The normalized spacial score (nSPS) is 13.4. The van der Waals surface area contributed by atoms with E-state index < -0.39 is 80.6 Å². The van der Waals surface area contributed by atoms with Gasteiger partial charge in [0.15, 0.2) is 0 Å². The molecule has 3 aromatic carbocycles. The quantitative estimate of drug-likeness (QED) is 0.0603. The van der Waals surface area contributed by atoms with Gasteiger partial charge in [0.2, 0.25) is 43.7 Å². The molecule has 18 heteroatoms. The highest BCUT2D eigenvalue weighted by Crippen LogP contribution is 2.15. The number of nitrogens with zero attached hydrogens (tertiary/aromatic N) is 2. The first-order valence-corrected chi connectivity index (χ1v) is 21.5. The van der Waals surface area contributed by atoms with Crippen LogP contribution >= 0.6 is 0 Å². The van der Waals surface area contributed by atoms with E-state index >= 15 is 0 Å². The monoisotopic (exact) mass is 814 g/mol. The summed E-state index contributed by atoms with van der Waals surface area (Å²) >= 11 is 0. The van der Waals surface area contributed by atoms with Crippen molar-refractivity contribution >= 4 is 43.7 Å². The third kappa shape index (κ3) is 15.8. The molecule has 0 saturated carbocycles. The Balaban J connectivity index is 1.96. The maximum absolute atomic E-state index is 14.2. The minimum absolute atomic E-state index is 0.0207. The Hall–Kier alpha value is -4.72. The fourth-order valence-electron chi connectivity index (χ4n) is 5.84. The lowest BCUT2D eigenvalue weighted by Crippen LogP contribution is -2.56. The minimum atomic E-state index is -4.24. The van der Waals surface area contributed by atoms with Crippen LogP contribution in [0.2, 0.25) is 0 Å².